The molecule has 0 aromatic heterocycles. The van der Waals surface area contributed by atoms with Gasteiger partial charge in [-0.3, -0.25) is 0 Å². The van der Waals surface area contributed by atoms with Crippen LogP contribution in [-0.2, 0) is 9.84 Å². The lowest BCUT2D eigenvalue weighted by Gasteiger charge is -2.28. The number of fused-ring (bicyclic) bond motifs is 1. The zero-order chi connectivity index (χ0) is 11.9. The van der Waals surface area contributed by atoms with E-state index in [2.05, 4.69) is 5.32 Å². The standard InChI is InChI=1S/C10H9ClN2O2S/c1-6-10(5-12)16(14,15)9-3-2-7(11)4-8(9)13-6/h2-4,6,10,13H,1H3. The lowest BCUT2D eigenvalue weighted by molar-refractivity contribution is 0.578. The smallest absolute Gasteiger partial charge is 0.198 e. The summed E-state index contributed by atoms with van der Waals surface area (Å²) in [6, 6.07) is 5.86. The van der Waals surface area contributed by atoms with Crippen LogP contribution in [0.5, 0.6) is 0 Å². The van der Waals surface area contributed by atoms with Gasteiger partial charge < -0.3 is 5.32 Å². The summed E-state index contributed by atoms with van der Waals surface area (Å²) < 4.78 is 24.1. The van der Waals surface area contributed by atoms with Crippen LogP contribution in [-0.4, -0.2) is 19.7 Å². The number of benzene rings is 1. The first-order valence-corrected chi connectivity index (χ1v) is 6.59. The Morgan fingerprint density at radius 3 is 2.81 bits per heavy atom. The van der Waals surface area contributed by atoms with Gasteiger partial charge in [0.2, 0.25) is 0 Å². The van der Waals surface area contributed by atoms with Crippen molar-refractivity contribution in [1.82, 2.24) is 0 Å². The van der Waals surface area contributed by atoms with Gasteiger partial charge in [0, 0.05) is 5.02 Å². The summed E-state index contributed by atoms with van der Waals surface area (Å²) in [5.74, 6) is 0. The number of hydrogen-bond acceptors (Lipinski definition) is 4. The summed E-state index contributed by atoms with van der Waals surface area (Å²) in [6.45, 7) is 1.66. The predicted molar refractivity (Wildman–Crippen MR) is 61.1 cm³/mol. The molecule has 1 aromatic rings. The Hall–Kier alpha value is -1.25. The molecular formula is C10H9ClN2O2S. The molecule has 6 heteroatoms. The van der Waals surface area contributed by atoms with Gasteiger partial charge in [-0.15, -0.1) is 0 Å². The first kappa shape index (κ1) is 11.2. The van der Waals surface area contributed by atoms with Crippen LogP contribution < -0.4 is 5.32 Å². The fraction of sp³-hybridized carbons (Fsp3) is 0.300. The molecule has 2 atom stereocenters. The Morgan fingerprint density at radius 1 is 1.50 bits per heavy atom. The van der Waals surface area contributed by atoms with E-state index in [4.69, 9.17) is 16.9 Å². The Morgan fingerprint density at radius 2 is 2.19 bits per heavy atom. The molecule has 0 radical (unpaired) electrons. The molecule has 0 fully saturated rings. The maximum atomic E-state index is 12.1. The molecular weight excluding hydrogens is 248 g/mol. The fourth-order valence-corrected chi connectivity index (χ4v) is 3.64. The molecule has 2 unspecified atom stereocenters. The van der Waals surface area contributed by atoms with Crippen LogP contribution in [0.2, 0.25) is 5.02 Å². The van der Waals surface area contributed by atoms with E-state index in [1.54, 1.807) is 13.0 Å². The number of nitrogens with one attached hydrogen (secondary N) is 1. The highest BCUT2D eigenvalue weighted by Gasteiger charge is 2.38. The van der Waals surface area contributed by atoms with Gasteiger partial charge in [-0.2, -0.15) is 5.26 Å². The molecule has 0 amide bonds. The molecule has 2 rings (SSSR count). The average molecular weight is 257 g/mol. The summed E-state index contributed by atoms with van der Waals surface area (Å²) in [7, 11) is -3.58. The van der Waals surface area contributed by atoms with Gasteiger partial charge in [-0.05, 0) is 25.1 Å². The minimum Gasteiger partial charge on any atom is -0.379 e. The Bertz CT molecular complexity index is 577. The highest BCUT2D eigenvalue weighted by molar-refractivity contribution is 7.92. The van der Waals surface area contributed by atoms with E-state index >= 15 is 0 Å². The van der Waals surface area contributed by atoms with Gasteiger partial charge in [-0.25, -0.2) is 8.42 Å². The number of nitrogens with zero attached hydrogens (tertiary/aromatic N) is 1. The molecule has 1 heterocycles. The number of halogens is 1. The molecule has 1 aliphatic rings. The van der Waals surface area contributed by atoms with E-state index in [9.17, 15) is 8.42 Å². The van der Waals surface area contributed by atoms with Crippen molar-refractivity contribution >= 4 is 27.1 Å². The van der Waals surface area contributed by atoms with Crippen LogP contribution in [0.15, 0.2) is 23.1 Å². The molecule has 0 bridgehead atoms. The summed E-state index contributed by atoms with van der Waals surface area (Å²) in [5, 5.41) is 11.3. The monoisotopic (exact) mass is 256 g/mol. The highest BCUT2D eigenvalue weighted by atomic mass is 35.5. The highest BCUT2D eigenvalue weighted by Crippen LogP contribution is 2.34. The molecule has 0 spiro atoms. The first-order chi connectivity index (χ1) is 7.46. The van der Waals surface area contributed by atoms with Crippen molar-refractivity contribution < 1.29 is 8.42 Å². The van der Waals surface area contributed by atoms with E-state index in [1.165, 1.54) is 12.1 Å². The Balaban J connectivity index is 2.68. The van der Waals surface area contributed by atoms with Crippen molar-refractivity contribution in [3.63, 3.8) is 0 Å². The molecule has 84 valence electrons. The van der Waals surface area contributed by atoms with Gasteiger partial charge >= 0.3 is 0 Å². The minimum atomic E-state index is -3.58. The van der Waals surface area contributed by atoms with Crippen molar-refractivity contribution in [3.8, 4) is 6.07 Å². The SMILES string of the molecule is CC1Nc2cc(Cl)ccc2S(=O)(=O)C1C#N. The van der Waals surface area contributed by atoms with Crippen LogP contribution in [0.3, 0.4) is 0 Å². The van der Waals surface area contributed by atoms with Crippen molar-refractivity contribution in [2.24, 2.45) is 0 Å². The first-order valence-electron chi connectivity index (χ1n) is 4.66. The summed E-state index contributed by atoms with van der Waals surface area (Å²) >= 11 is 5.79. The maximum absolute atomic E-state index is 12.1. The second-order valence-corrected chi connectivity index (χ2v) is 6.14. The van der Waals surface area contributed by atoms with Crippen LogP contribution in [0.25, 0.3) is 0 Å². The molecule has 1 aromatic carbocycles. The van der Waals surface area contributed by atoms with Crippen LogP contribution >= 0.6 is 11.6 Å². The number of sulfone groups is 1. The summed E-state index contributed by atoms with van der Waals surface area (Å²) in [6.07, 6.45) is 0. The predicted octanol–water partition coefficient (Wildman–Crippen LogP) is 1.82. The number of rotatable bonds is 0. The second kappa shape index (κ2) is 3.65. The third-order valence-electron chi connectivity index (χ3n) is 2.55. The van der Waals surface area contributed by atoms with Gasteiger partial charge in [0.1, 0.15) is 0 Å². The molecule has 16 heavy (non-hydrogen) atoms. The second-order valence-electron chi connectivity index (χ2n) is 3.67. The molecule has 0 saturated carbocycles. The lowest BCUT2D eigenvalue weighted by Crippen LogP contribution is -2.40. The lowest BCUT2D eigenvalue weighted by atomic mass is 10.2. The van der Waals surface area contributed by atoms with Crippen LogP contribution in [0, 0.1) is 11.3 Å². The maximum Gasteiger partial charge on any atom is 0.198 e. The van der Waals surface area contributed by atoms with Gasteiger partial charge in [-0.1, -0.05) is 11.6 Å². The summed E-state index contributed by atoms with van der Waals surface area (Å²) in [4.78, 5) is 0.140. The normalized spacial score (nSPS) is 26.3. The molecule has 4 nitrogen and oxygen atoms in total. The topological polar surface area (TPSA) is 70.0 Å². The Labute approximate surface area is 98.8 Å². The van der Waals surface area contributed by atoms with Crippen LogP contribution in [0.1, 0.15) is 6.92 Å². The Kier molecular flexibility index (Phi) is 2.56. The third kappa shape index (κ3) is 1.55. The van der Waals surface area contributed by atoms with E-state index in [0.29, 0.717) is 10.7 Å². The summed E-state index contributed by atoms with van der Waals surface area (Å²) in [5.41, 5.74) is 0.464. The number of hydrogen-bond donors (Lipinski definition) is 1. The van der Waals surface area contributed by atoms with Gasteiger partial charge in [0.15, 0.2) is 15.1 Å². The van der Waals surface area contributed by atoms with Crippen molar-refractivity contribution in [3.05, 3.63) is 23.2 Å². The van der Waals surface area contributed by atoms with Crippen LogP contribution in [0.4, 0.5) is 5.69 Å². The van der Waals surface area contributed by atoms with Crippen molar-refractivity contribution in [2.45, 2.75) is 23.1 Å². The van der Waals surface area contributed by atoms with Crippen molar-refractivity contribution in [2.75, 3.05) is 5.32 Å². The quantitative estimate of drug-likeness (QED) is 0.769. The largest absolute Gasteiger partial charge is 0.379 e. The minimum absolute atomic E-state index is 0.140. The molecule has 0 aliphatic carbocycles. The van der Waals surface area contributed by atoms with Gasteiger partial charge in [0.05, 0.1) is 22.7 Å². The molecule has 1 N–H and O–H groups in total. The van der Waals surface area contributed by atoms with E-state index < -0.39 is 21.1 Å². The van der Waals surface area contributed by atoms with Crippen molar-refractivity contribution in [1.29, 1.82) is 5.26 Å². The third-order valence-corrected chi connectivity index (χ3v) is 4.93. The average Bonchev–Trinajstić information content (AvgIpc) is 2.16. The number of nitriles is 1. The zero-order valence-electron chi connectivity index (χ0n) is 8.44. The van der Waals surface area contributed by atoms with Gasteiger partial charge in [0.25, 0.3) is 0 Å². The van der Waals surface area contributed by atoms with E-state index in [-0.39, 0.29) is 4.90 Å². The van der Waals surface area contributed by atoms with E-state index in [0.717, 1.165) is 0 Å². The molecule has 1 aliphatic heterocycles. The fourth-order valence-electron chi connectivity index (χ4n) is 1.77. The number of anilines is 1. The zero-order valence-corrected chi connectivity index (χ0v) is 10.0. The van der Waals surface area contributed by atoms with E-state index in [1.807, 2.05) is 6.07 Å². The molecule has 0 saturated heterocycles.